The zero-order valence-electron chi connectivity index (χ0n) is 15.9. The van der Waals surface area contributed by atoms with Crippen LogP contribution in [0.2, 0.25) is 0 Å². The molecule has 5 heteroatoms. The molecular formula is C22H25FN4. The summed E-state index contributed by atoms with van der Waals surface area (Å²) in [5.41, 5.74) is 7.08. The molecule has 140 valence electrons. The maximum absolute atomic E-state index is 13.2. The Hall–Kier alpha value is -2.66. The highest BCUT2D eigenvalue weighted by Gasteiger charge is 2.20. The third kappa shape index (κ3) is 3.74. The number of halogens is 1. The first kappa shape index (κ1) is 17.7. The highest BCUT2D eigenvalue weighted by atomic mass is 19.1. The van der Waals surface area contributed by atoms with Crippen molar-refractivity contribution in [3.05, 3.63) is 71.2 Å². The van der Waals surface area contributed by atoms with Crippen molar-refractivity contribution in [3.8, 4) is 11.3 Å². The van der Waals surface area contributed by atoms with Gasteiger partial charge < -0.3 is 4.90 Å². The molecule has 4 nitrogen and oxygen atoms in total. The Bertz CT molecular complexity index is 908. The van der Waals surface area contributed by atoms with Crippen LogP contribution in [0.15, 0.2) is 48.7 Å². The van der Waals surface area contributed by atoms with Crippen LogP contribution >= 0.6 is 0 Å². The van der Waals surface area contributed by atoms with Gasteiger partial charge in [0.2, 0.25) is 0 Å². The smallest absolute Gasteiger partial charge is 0.123 e. The van der Waals surface area contributed by atoms with E-state index in [9.17, 15) is 4.39 Å². The highest BCUT2D eigenvalue weighted by Crippen LogP contribution is 2.26. The Balaban J connectivity index is 1.42. The molecule has 2 aromatic carbocycles. The van der Waals surface area contributed by atoms with Gasteiger partial charge in [-0.15, -0.1) is 0 Å². The molecule has 1 saturated heterocycles. The fourth-order valence-electron chi connectivity index (χ4n) is 3.76. The quantitative estimate of drug-likeness (QED) is 0.755. The standard InChI is InChI=1S/C22H25FN4/c1-16-4-3-5-21(17(16)2)27-12-10-26(11-13-27)15-19-14-24-25-22(19)18-6-8-20(23)9-7-18/h3-9,14H,10-13,15H2,1-2H3,(H,24,25). The molecule has 1 aromatic heterocycles. The number of hydrogen-bond acceptors (Lipinski definition) is 3. The van der Waals surface area contributed by atoms with Gasteiger partial charge in [-0.25, -0.2) is 4.39 Å². The van der Waals surface area contributed by atoms with Crippen LogP contribution in [0.1, 0.15) is 16.7 Å². The van der Waals surface area contributed by atoms with Gasteiger partial charge in [-0.2, -0.15) is 5.10 Å². The topological polar surface area (TPSA) is 35.2 Å². The van der Waals surface area contributed by atoms with E-state index in [0.717, 1.165) is 49.5 Å². The van der Waals surface area contributed by atoms with Gasteiger partial charge in [-0.3, -0.25) is 10.00 Å². The molecule has 1 fully saturated rings. The van der Waals surface area contributed by atoms with Gasteiger partial charge in [0.05, 0.1) is 5.69 Å². The Labute approximate surface area is 159 Å². The van der Waals surface area contributed by atoms with Crippen LogP contribution in [0.4, 0.5) is 10.1 Å². The molecular weight excluding hydrogens is 339 g/mol. The van der Waals surface area contributed by atoms with Gasteiger partial charge in [0, 0.05) is 55.7 Å². The Morgan fingerprint density at radius 1 is 1.00 bits per heavy atom. The van der Waals surface area contributed by atoms with E-state index >= 15 is 0 Å². The number of nitrogens with zero attached hydrogens (tertiary/aromatic N) is 3. The number of H-pyrrole nitrogens is 1. The van der Waals surface area contributed by atoms with Crippen molar-refractivity contribution in [1.82, 2.24) is 15.1 Å². The lowest BCUT2D eigenvalue weighted by Gasteiger charge is -2.37. The molecule has 0 amide bonds. The zero-order chi connectivity index (χ0) is 18.8. The molecule has 0 spiro atoms. The number of piperazine rings is 1. The van der Waals surface area contributed by atoms with Crippen molar-refractivity contribution in [1.29, 1.82) is 0 Å². The van der Waals surface area contributed by atoms with E-state index in [1.165, 1.54) is 28.9 Å². The lowest BCUT2D eigenvalue weighted by molar-refractivity contribution is 0.250. The third-order valence-electron chi connectivity index (χ3n) is 5.52. The van der Waals surface area contributed by atoms with E-state index in [4.69, 9.17) is 0 Å². The van der Waals surface area contributed by atoms with Crippen LogP contribution in [-0.4, -0.2) is 41.3 Å². The first-order valence-electron chi connectivity index (χ1n) is 9.44. The average Bonchev–Trinajstić information content (AvgIpc) is 3.13. The van der Waals surface area contributed by atoms with Crippen molar-refractivity contribution < 1.29 is 4.39 Å². The first-order chi connectivity index (χ1) is 13.1. The number of aromatic amines is 1. The van der Waals surface area contributed by atoms with Crippen LogP contribution in [-0.2, 0) is 6.54 Å². The molecule has 0 bridgehead atoms. The molecule has 3 aromatic rings. The molecule has 1 aliphatic heterocycles. The number of anilines is 1. The van der Waals surface area contributed by atoms with Crippen LogP contribution in [0.5, 0.6) is 0 Å². The summed E-state index contributed by atoms with van der Waals surface area (Å²) in [6, 6.07) is 13.1. The summed E-state index contributed by atoms with van der Waals surface area (Å²) in [6.07, 6.45) is 1.95. The molecule has 0 radical (unpaired) electrons. The van der Waals surface area contributed by atoms with E-state index in [-0.39, 0.29) is 5.82 Å². The first-order valence-corrected chi connectivity index (χ1v) is 9.44. The number of aromatic nitrogens is 2. The van der Waals surface area contributed by atoms with E-state index < -0.39 is 0 Å². The van der Waals surface area contributed by atoms with Crippen molar-refractivity contribution in [2.75, 3.05) is 31.1 Å². The van der Waals surface area contributed by atoms with Gasteiger partial charge in [0.1, 0.15) is 5.82 Å². The second-order valence-corrected chi connectivity index (χ2v) is 7.25. The molecule has 27 heavy (non-hydrogen) atoms. The lowest BCUT2D eigenvalue weighted by atomic mass is 10.1. The minimum Gasteiger partial charge on any atom is -0.369 e. The molecule has 4 rings (SSSR count). The summed E-state index contributed by atoms with van der Waals surface area (Å²) in [5.74, 6) is -0.224. The maximum atomic E-state index is 13.2. The van der Waals surface area contributed by atoms with E-state index in [0.29, 0.717) is 0 Å². The lowest BCUT2D eigenvalue weighted by Crippen LogP contribution is -2.46. The summed E-state index contributed by atoms with van der Waals surface area (Å²) in [6.45, 7) is 9.30. The van der Waals surface area contributed by atoms with Gasteiger partial charge >= 0.3 is 0 Å². The molecule has 0 aliphatic carbocycles. The molecule has 0 atom stereocenters. The fraction of sp³-hybridized carbons (Fsp3) is 0.318. The highest BCUT2D eigenvalue weighted by molar-refractivity contribution is 5.62. The molecule has 2 heterocycles. The second-order valence-electron chi connectivity index (χ2n) is 7.25. The molecule has 1 aliphatic rings. The average molecular weight is 364 g/mol. The Kier molecular flexibility index (Phi) is 4.94. The van der Waals surface area contributed by atoms with Crippen LogP contribution in [0.3, 0.4) is 0 Å². The number of hydrogen-bond donors (Lipinski definition) is 1. The van der Waals surface area contributed by atoms with Crippen LogP contribution in [0.25, 0.3) is 11.3 Å². The summed E-state index contributed by atoms with van der Waals surface area (Å²) in [5, 5.41) is 7.35. The fourth-order valence-corrected chi connectivity index (χ4v) is 3.76. The number of benzene rings is 2. The van der Waals surface area contributed by atoms with Crippen molar-refractivity contribution in [3.63, 3.8) is 0 Å². The minimum atomic E-state index is -0.224. The van der Waals surface area contributed by atoms with Crippen LogP contribution in [0, 0.1) is 19.7 Å². The predicted octanol–water partition coefficient (Wildman–Crippen LogP) is 4.15. The van der Waals surface area contributed by atoms with Gasteiger partial charge in [-0.1, -0.05) is 12.1 Å². The molecule has 0 unspecified atom stereocenters. The van der Waals surface area contributed by atoms with Gasteiger partial charge in [-0.05, 0) is 55.3 Å². The van der Waals surface area contributed by atoms with Gasteiger partial charge in [0.25, 0.3) is 0 Å². The summed E-state index contributed by atoms with van der Waals surface area (Å²) < 4.78 is 13.2. The van der Waals surface area contributed by atoms with Crippen molar-refractivity contribution in [2.24, 2.45) is 0 Å². The zero-order valence-corrected chi connectivity index (χ0v) is 15.9. The largest absolute Gasteiger partial charge is 0.369 e. The summed E-state index contributed by atoms with van der Waals surface area (Å²) in [4.78, 5) is 4.94. The van der Waals surface area contributed by atoms with Crippen molar-refractivity contribution >= 4 is 5.69 Å². The predicted molar refractivity (Wildman–Crippen MR) is 107 cm³/mol. The third-order valence-corrected chi connectivity index (χ3v) is 5.52. The SMILES string of the molecule is Cc1cccc(N2CCN(Cc3c[nH]nc3-c3ccc(F)cc3)CC2)c1C. The molecule has 1 N–H and O–H groups in total. The van der Waals surface area contributed by atoms with E-state index in [2.05, 4.69) is 52.0 Å². The summed E-state index contributed by atoms with van der Waals surface area (Å²) >= 11 is 0. The van der Waals surface area contributed by atoms with Crippen molar-refractivity contribution in [2.45, 2.75) is 20.4 Å². The Morgan fingerprint density at radius 3 is 2.48 bits per heavy atom. The molecule has 0 saturated carbocycles. The minimum absolute atomic E-state index is 0.224. The number of nitrogens with one attached hydrogen (secondary N) is 1. The van der Waals surface area contributed by atoms with Gasteiger partial charge in [0.15, 0.2) is 0 Å². The van der Waals surface area contributed by atoms with E-state index in [1.54, 1.807) is 12.1 Å². The maximum Gasteiger partial charge on any atom is 0.123 e. The number of aryl methyl sites for hydroxylation is 1. The second kappa shape index (κ2) is 7.53. The van der Waals surface area contributed by atoms with Crippen LogP contribution < -0.4 is 4.90 Å². The van der Waals surface area contributed by atoms with E-state index in [1.807, 2.05) is 6.20 Å². The summed E-state index contributed by atoms with van der Waals surface area (Å²) in [7, 11) is 0. The Morgan fingerprint density at radius 2 is 1.74 bits per heavy atom. The monoisotopic (exact) mass is 364 g/mol. The number of rotatable bonds is 4. The normalized spacial score (nSPS) is 15.3.